The third-order valence-corrected chi connectivity index (χ3v) is 2.93. The van der Waals surface area contributed by atoms with Crippen molar-refractivity contribution < 1.29 is 4.79 Å². The van der Waals surface area contributed by atoms with Crippen molar-refractivity contribution in [2.75, 3.05) is 5.32 Å². The van der Waals surface area contributed by atoms with E-state index in [-0.39, 0.29) is 5.91 Å². The van der Waals surface area contributed by atoms with E-state index in [0.717, 1.165) is 5.52 Å². The Balaban J connectivity index is 1.88. The number of nitrogens with zero attached hydrogens (tertiary/aromatic N) is 3. The summed E-state index contributed by atoms with van der Waals surface area (Å²) in [5, 5.41) is 3.19. The minimum absolute atomic E-state index is 0.271. The summed E-state index contributed by atoms with van der Waals surface area (Å²) in [6.45, 7) is 0. The van der Waals surface area contributed by atoms with Crippen molar-refractivity contribution in [3.8, 4) is 0 Å². The molecule has 1 aromatic carbocycles. The Morgan fingerprint density at radius 2 is 1.75 bits per heavy atom. The van der Waals surface area contributed by atoms with E-state index < -0.39 is 0 Å². The fourth-order valence-electron chi connectivity index (χ4n) is 1.77. The van der Waals surface area contributed by atoms with Gasteiger partial charge in [0, 0.05) is 29.2 Å². The van der Waals surface area contributed by atoms with Crippen LogP contribution in [0, 0.1) is 0 Å². The van der Waals surface area contributed by atoms with Crippen LogP contribution in [0.25, 0.3) is 11.0 Å². The van der Waals surface area contributed by atoms with Gasteiger partial charge in [0.15, 0.2) is 0 Å². The van der Waals surface area contributed by atoms with Crippen LogP contribution in [0.4, 0.5) is 5.82 Å². The highest BCUT2D eigenvalue weighted by Crippen LogP contribution is 2.15. The number of pyridine rings is 1. The number of aromatic nitrogens is 3. The van der Waals surface area contributed by atoms with E-state index in [9.17, 15) is 4.79 Å². The molecule has 1 N–H and O–H groups in total. The molecule has 6 heteroatoms. The molecule has 0 aliphatic rings. The zero-order chi connectivity index (χ0) is 13.9. The predicted octanol–water partition coefficient (Wildman–Crippen LogP) is 2.93. The van der Waals surface area contributed by atoms with Crippen molar-refractivity contribution in [1.82, 2.24) is 15.0 Å². The molecule has 0 saturated carbocycles. The standard InChI is InChI=1S/C14H9ClN4O/c15-10-3-4-18-13(8-10)19-14(20)9-1-2-11-12(7-9)17-6-5-16-11/h1-8H,(H,18,19,20). The van der Waals surface area contributed by atoms with Crippen LogP contribution in [0.2, 0.25) is 5.02 Å². The van der Waals surface area contributed by atoms with Gasteiger partial charge in [0.25, 0.3) is 5.91 Å². The molecule has 2 heterocycles. The number of hydrogen-bond donors (Lipinski definition) is 1. The SMILES string of the molecule is O=C(Nc1cc(Cl)ccn1)c1ccc2nccnc2c1. The first-order valence-electron chi connectivity index (χ1n) is 5.86. The van der Waals surface area contributed by atoms with Crippen molar-refractivity contribution in [2.24, 2.45) is 0 Å². The highest BCUT2D eigenvalue weighted by Gasteiger charge is 2.08. The number of amides is 1. The first-order chi connectivity index (χ1) is 9.72. The van der Waals surface area contributed by atoms with Crippen LogP contribution in [0.5, 0.6) is 0 Å². The highest BCUT2D eigenvalue weighted by molar-refractivity contribution is 6.30. The normalized spacial score (nSPS) is 10.4. The highest BCUT2D eigenvalue weighted by atomic mass is 35.5. The minimum atomic E-state index is -0.271. The van der Waals surface area contributed by atoms with Crippen LogP contribution in [-0.4, -0.2) is 20.9 Å². The van der Waals surface area contributed by atoms with Gasteiger partial charge in [-0.05, 0) is 30.3 Å². The lowest BCUT2D eigenvalue weighted by Crippen LogP contribution is -2.12. The molecule has 3 aromatic rings. The molecular weight excluding hydrogens is 276 g/mol. The monoisotopic (exact) mass is 284 g/mol. The maximum atomic E-state index is 12.1. The lowest BCUT2D eigenvalue weighted by Gasteiger charge is -2.05. The van der Waals surface area contributed by atoms with Crippen LogP contribution in [0.3, 0.4) is 0 Å². The molecule has 0 unspecified atom stereocenters. The van der Waals surface area contributed by atoms with Crippen LogP contribution >= 0.6 is 11.6 Å². The fourth-order valence-corrected chi connectivity index (χ4v) is 1.93. The van der Waals surface area contributed by atoms with E-state index in [0.29, 0.717) is 21.9 Å². The molecule has 0 spiro atoms. The Morgan fingerprint density at radius 3 is 2.55 bits per heavy atom. The van der Waals surface area contributed by atoms with E-state index in [1.165, 1.54) is 6.20 Å². The molecule has 0 aliphatic carbocycles. The molecule has 0 fully saturated rings. The van der Waals surface area contributed by atoms with Gasteiger partial charge in [-0.25, -0.2) is 4.98 Å². The Morgan fingerprint density at radius 1 is 0.950 bits per heavy atom. The summed E-state index contributed by atoms with van der Waals surface area (Å²) < 4.78 is 0. The van der Waals surface area contributed by atoms with Crippen LogP contribution in [0.15, 0.2) is 48.9 Å². The van der Waals surface area contributed by atoms with Gasteiger partial charge < -0.3 is 5.32 Å². The molecule has 20 heavy (non-hydrogen) atoms. The first-order valence-corrected chi connectivity index (χ1v) is 6.24. The number of rotatable bonds is 2. The molecule has 3 rings (SSSR count). The minimum Gasteiger partial charge on any atom is -0.307 e. The van der Waals surface area contributed by atoms with Gasteiger partial charge in [-0.3, -0.25) is 14.8 Å². The average Bonchev–Trinajstić information content (AvgIpc) is 2.47. The van der Waals surface area contributed by atoms with Crippen molar-refractivity contribution in [3.63, 3.8) is 0 Å². The Kier molecular flexibility index (Phi) is 3.26. The average molecular weight is 285 g/mol. The van der Waals surface area contributed by atoms with Crippen molar-refractivity contribution >= 4 is 34.4 Å². The second kappa shape index (κ2) is 5.22. The van der Waals surface area contributed by atoms with E-state index in [1.54, 1.807) is 42.7 Å². The second-order valence-electron chi connectivity index (χ2n) is 4.07. The predicted molar refractivity (Wildman–Crippen MR) is 76.7 cm³/mol. The summed E-state index contributed by atoms with van der Waals surface area (Å²) in [5.41, 5.74) is 1.89. The number of benzene rings is 1. The topological polar surface area (TPSA) is 67.8 Å². The second-order valence-corrected chi connectivity index (χ2v) is 4.51. The van der Waals surface area contributed by atoms with Gasteiger partial charge in [0.1, 0.15) is 5.82 Å². The smallest absolute Gasteiger partial charge is 0.256 e. The largest absolute Gasteiger partial charge is 0.307 e. The van der Waals surface area contributed by atoms with Gasteiger partial charge >= 0.3 is 0 Å². The number of nitrogens with one attached hydrogen (secondary N) is 1. The molecule has 0 saturated heterocycles. The lowest BCUT2D eigenvalue weighted by atomic mass is 10.2. The summed E-state index contributed by atoms with van der Waals surface area (Å²) in [7, 11) is 0. The van der Waals surface area contributed by atoms with Gasteiger partial charge in [-0.1, -0.05) is 11.6 Å². The summed E-state index contributed by atoms with van der Waals surface area (Å²) in [6, 6.07) is 8.35. The third-order valence-electron chi connectivity index (χ3n) is 2.70. The molecule has 0 bridgehead atoms. The summed E-state index contributed by atoms with van der Waals surface area (Å²) in [6.07, 6.45) is 4.73. The Labute approximate surface area is 119 Å². The molecular formula is C14H9ClN4O. The Bertz CT molecular complexity index is 791. The first kappa shape index (κ1) is 12.5. The van der Waals surface area contributed by atoms with Crippen molar-refractivity contribution in [1.29, 1.82) is 0 Å². The lowest BCUT2D eigenvalue weighted by molar-refractivity contribution is 0.102. The van der Waals surface area contributed by atoms with Crippen LogP contribution < -0.4 is 5.32 Å². The van der Waals surface area contributed by atoms with Crippen LogP contribution in [0.1, 0.15) is 10.4 Å². The summed E-state index contributed by atoms with van der Waals surface area (Å²) >= 11 is 5.84. The maximum absolute atomic E-state index is 12.1. The summed E-state index contributed by atoms with van der Waals surface area (Å²) in [4.78, 5) is 24.5. The van der Waals surface area contributed by atoms with E-state index >= 15 is 0 Å². The molecule has 0 aliphatic heterocycles. The molecule has 98 valence electrons. The van der Waals surface area contributed by atoms with E-state index in [2.05, 4.69) is 20.3 Å². The number of carbonyl (C=O) groups excluding carboxylic acids is 1. The van der Waals surface area contributed by atoms with Crippen molar-refractivity contribution in [2.45, 2.75) is 0 Å². The maximum Gasteiger partial charge on any atom is 0.256 e. The van der Waals surface area contributed by atoms with Crippen LogP contribution in [-0.2, 0) is 0 Å². The molecule has 2 aromatic heterocycles. The Hall–Kier alpha value is -2.53. The van der Waals surface area contributed by atoms with E-state index in [1.807, 2.05) is 0 Å². The molecule has 0 radical (unpaired) electrons. The number of anilines is 1. The number of carbonyl (C=O) groups is 1. The number of hydrogen-bond acceptors (Lipinski definition) is 4. The van der Waals surface area contributed by atoms with E-state index in [4.69, 9.17) is 11.6 Å². The van der Waals surface area contributed by atoms with Gasteiger partial charge in [-0.15, -0.1) is 0 Å². The number of fused-ring (bicyclic) bond motifs is 1. The molecule has 0 atom stereocenters. The zero-order valence-corrected chi connectivity index (χ0v) is 11.0. The number of halogens is 1. The zero-order valence-electron chi connectivity index (χ0n) is 10.2. The van der Waals surface area contributed by atoms with Gasteiger partial charge in [0.05, 0.1) is 11.0 Å². The quantitative estimate of drug-likeness (QED) is 0.785. The molecule has 5 nitrogen and oxygen atoms in total. The molecule has 1 amide bonds. The van der Waals surface area contributed by atoms with Gasteiger partial charge in [0.2, 0.25) is 0 Å². The fraction of sp³-hybridized carbons (Fsp3) is 0. The third kappa shape index (κ3) is 2.57. The van der Waals surface area contributed by atoms with Gasteiger partial charge in [-0.2, -0.15) is 0 Å². The van der Waals surface area contributed by atoms with Crippen molar-refractivity contribution in [3.05, 3.63) is 59.5 Å². The summed E-state index contributed by atoms with van der Waals surface area (Å²) in [5.74, 6) is 0.133.